The van der Waals surface area contributed by atoms with E-state index < -0.39 is 36.0 Å². The molecule has 10 nitrogen and oxygen atoms in total. The van der Waals surface area contributed by atoms with Crippen LogP contribution >= 0.6 is 0 Å². The Hall–Kier alpha value is -3.83. The van der Waals surface area contributed by atoms with E-state index in [2.05, 4.69) is 25.7 Å². The van der Waals surface area contributed by atoms with Crippen LogP contribution in [0.2, 0.25) is 0 Å². The first-order chi connectivity index (χ1) is 17.4. The summed E-state index contributed by atoms with van der Waals surface area (Å²) < 4.78 is 34.1. The molecule has 190 valence electrons. The van der Waals surface area contributed by atoms with Crippen molar-refractivity contribution in [2.24, 2.45) is 11.8 Å². The number of carboxylic acid groups (broad SMARTS) is 1. The molecule has 0 aliphatic heterocycles. The van der Waals surface area contributed by atoms with Crippen LogP contribution in [0.1, 0.15) is 67.2 Å². The van der Waals surface area contributed by atoms with Crippen molar-refractivity contribution >= 4 is 23.4 Å². The number of carbonyl (C=O) groups is 2. The van der Waals surface area contributed by atoms with Crippen LogP contribution in [0.25, 0.3) is 11.5 Å². The average Bonchev–Trinajstić information content (AvgIpc) is 3.39. The predicted molar refractivity (Wildman–Crippen MR) is 125 cm³/mol. The lowest BCUT2D eigenvalue weighted by Crippen LogP contribution is -2.29. The van der Waals surface area contributed by atoms with Gasteiger partial charge in [0.2, 0.25) is 5.89 Å². The van der Waals surface area contributed by atoms with Gasteiger partial charge in [0.1, 0.15) is 12.1 Å². The van der Waals surface area contributed by atoms with Crippen molar-refractivity contribution in [3.05, 3.63) is 42.2 Å². The van der Waals surface area contributed by atoms with Gasteiger partial charge in [-0.15, -0.1) is 0 Å². The van der Waals surface area contributed by atoms with Crippen molar-refractivity contribution in [3.8, 4) is 11.5 Å². The maximum atomic E-state index is 13.7. The average molecular weight is 501 g/mol. The highest BCUT2D eigenvalue weighted by Gasteiger charge is 2.34. The lowest BCUT2D eigenvalue weighted by Gasteiger charge is -2.28. The van der Waals surface area contributed by atoms with Crippen molar-refractivity contribution in [2.45, 2.75) is 51.0 Å². The monoisotopic (exact) mass is 500 g/mol. The van der Waals surface area contributed by atoms with E-state index in [-0.39, 0.29) is 17.3 Å². The topological polar surface area (TPSA) is 135 Å². The SMILES string of the molecule is O=C(Nc1cn(C2CCCCC2C(=O)O)nc1C(F)F)c1coc(-c2ccnc(NCC3CC3)c2)n1. The van der Waals surface area contributed by atoms with Gasteiger partial charge in [-0.25, -0.2) is 18.7 Å². The van der Waals surface area contributed by atoms with Crippen molar-refractivity contribution in [1.82, 2.24) is 19.7 Å². The first kappa shape index (κ1) is 23.9. The fourth-order valence-electron chi connectivity index (χ4n) is 4.48. The number of halogens is 2. The van der Waals surface area contributed by atoms with Gasteiger partial charge in [0, 0.05) is 24.5 Å². The quantitative estimate of drug-likeness (QED) is 0.383. The van der Waals surface area contributed by atoms with E-state index in [4.69, 9.17) is 4.42 Å². The van der Waals surface area contributed by atoms with Gasteiger partial charge < -0.3 is 20.2 Å². The van der Waals surface area contributed by atoms with Gasteiger partial charge in [-0.3, -0.25) is 14.3 Å². The third kappa shape index (κ3) is 5.21. The number of alkyl halides is 2. The number of nitrogens with one attached hydrogen (secondary N) is 2. The molecule has 2 atom stereocenters. The van der Waals surface area contributed by atoms with Gasteiger partial charge in [0.05, 0.1) is 17.6 Å². The molecule has 3 aromatic rings. The van der Waals surface area contributed by atoms with Crippen LogP contribution in [0, 0.1) is 11.8 Å². The van der Waals surface area contributed by atoms with Crippen molar-refractivity contribution in [3.63, 3.8) is 0 Å². The second-order valence-corrected chi connectivity index (χ2v) is 9.25. The molecule has 3 N–H and O–H groups in total. The zero-order chi connectivity index (χ0) is 25.2. The highest BCUT2D eigenvalue weighted by atomic mass is 19.3. The van der Waals surface area contributed by atoms with Gasteiger partial charge in [0.25, 0.3) is 12.3 Å². The normalized spacial score (nSPS) is 19.9. The van der Waals surface area contributed by atoms with Crippen molar-refractivity contribution in [1.29, 1.82) is 0 Å². The minimum absolute atomic E-state index is 0.0941. The number of hydrogen-bond donors (Lipinski definition) is 3. The molecule has 5 rings (SSSR count). The van der Waals surface area contributed by atoms with E-state index >= 15 is 0 Å². The summed E-state index contributed by atoms with van der Waals surface area (Å²) in [6, 6.07) is 2.89. The smallest absolute Gasteiger partial charge is 0.308 e. The van der Waals surface area contributed by atoms with Gasteiger partial charge in [-0.1, -0.05) is 12.8 Å². The molecule has 0 aromatic carbocycles. The standard InChI is InChI=1S/C24H26F2N6O4/c25-21(26)20-16(11-32(31-20)18-4-2-1-3-15(18)24(34)35)29-22(33)17-12-36-23(30-17)14-7-8-27-19(9-14)28-10-13-5-6-13/h7-9,11-13,15,18,21H,1-6,10H2,(H,27,28)(H,29,33)(H,34,35). The zero-order valence-electron chi connectivity index (χ0n) is 19.4. The summed E-state index contributed by atoms with van der Waals surface area (Å²) in [6.45, 7) is 0.837. The molecule has 36 heavy (non-hydrogen) atoms. The number of oxazole rings is 1. The predicted octanol–water partition coefficient (Wildman–Crippen LogP) is 4.76. The highest BCUT2D eigenvalue weighted by molar-refractivity contribution is 6.03. The van der Waals surface area contributed by atoms with Crippen LogP contribution in [0.5, 0.6) is 0 Å². The molecule has 3 aromatic heterocycles. The van der Waals surface area contributed by atoms with Gasteiger partial charge >= 0.3 is 5.97 Å². The third-order valence-corrected chi connectivity index (χ3v) is 6.61. The molecule has 2 saturated carbocycles. The third-order valence-electron chi connectivity index (χ3n) is 6.61. The summed E-state index contributed by atoms with van der Waals surface area (Å²) in [6.07, 6.45) is 5.95. The van der Waals surface area contributed by atoms with Crippen LogP contribution in [0.15, 0.2) is 35.2 Å². The largest absolute Gasteiger partial charge is 0.481 e. The fraction of sp³-hybridized carbons (Fsp3) is 0.458. The minimum atomic E-state index is -2.96. The molecule has 0 radical (unpaired) electrons. The first-order valence-corrected chi connectivity index (χ1v) is 12.0. The van der Waals surface area contributed by atoms with E-state index in [9.17, 15) is 23.5 Å². The van der Waals surface area contributed by atoms with E-state index in [0.29, 0.717) is 30.1 Å². The molecule has 0 saturated heterocycles. The molecule has 2 aliphatic carbocycles. The van der Waals surface area contributed by atoms with Crippen LogP contribution in [-0.2, 0) is 4.79 Å². The Morgan fingerprint density at radius 1 is 1.22 bits per heavy atom. The molecular weight excluding hydrogens is 474 g/mol. The Balaban J connectivity index is 1.32. The second kappa shape index (κ2) is 10.0. The number of amides is 1. The summed E-state index contributed by atoms with van der Waals surface area (Å²) >= 11 is 0. The number of aromatic nitrogens is 4. The summed E-state index contributed by atoms with van der Waals surface area (Å²) in [5.41, 5.74) is -0.296. The Bertz CT molecular complexity index is 1250. The van der Waals surface area contributed by atoms with E-state index in [1.165, 1.54) is 23.7 Å². The molecule has 0 spiro atoms. The molecule has 2 aliphatic rings. The second-order valence-electron chi connectivity index (χ2n) is 9.25. The summed E-state index contributed by atoms with van der Waals surface area (Å²) in [7, 11) is 0. The van der Waals surface area contributed by atoms with Crippen LogP contribution in [0.4, 0.5) is 20.3 Å². The molecule has 0 bridgehead atoms. The van der Waals surface area contributed by atoms with E-state index in [1.54, 1.807) is 18.3 Å². The van der Waals surface area contributed by atoms with E-state index in [1.807, 2.05) is 0 Å². The number of pyridine rings is 1. The summed E-state index contributed by atoms with van der Waals surface area (Å²) in [4.78, 5) is 32.9. The Morgan fingerprint density at radius 2 is 2.03 bits per heavy atom. The van der Waals surface area contributed by atoms with Crippen LogP contribution in [-0.4, -0.2) is 43.3 Å². The molecule has 3 heterocycles. The fourth-order valence-corrected chi connectivity index (χ4v) is 4.48. The van der Waals surface area contributed by atoms with Crippen LogP contribution < -0.4 is 10.6 Å². The maximum absolute atomic E-state index is 13.7. The molecule has 2 unspecified atom stereocenters. The Morgan fingerprint density at radius 3 is 2.78 bits per heavy atom. The zero-order valence-corrected chi connectivity index (χ0v) is 19.4. The minimum Gasteiger partial charge on any atom is -0.481 e. The van der Waals surface area contributed by atoms with Gasteiger partial charge in [0.15, 0.2) is 11.4 Å². The Kier molecular flexibility index (Phi) is 6.66. The molecule has 2 fully saturated rings. The lowest BCUT2D eigenvalue weighted by atomic mass is 9.84. The number of carbonyl (C=O) groups excluding carboxylic acids is 1. The molecular formula is C24H26F2N6O4. The van der Waals surface area contributed by atoms with Crippen molar-refractivity contribution in [2.75, 3.05) is 17.2 Å². The molecule has 1 amide bonds. The van der Waals surface area contributed by atoms with Crippen molar-refractivity contribution < 1.29 is 27.9 Å². The number of hydrogen-bond acceptors (Lipinski definition) is 7. The highest BCUT2D eigenvalue weighted by Crippen LogP contribution is 2.36. The number of rotatable bonds is 9. The van der Waals surface area contributed by atoms with E-state index in [0.717, 1.165) is 25.6 Å². The first-order valence-electron chi connectivity index (χ1n) is 12.0. The van der Waals surface area contributed by atoms with Gasteiger partial charge in [-0.05, 0) is 43.7 Å². The maximum Gasteiger partial charge on any atom is 0.308 e. The van der Waals surface area contributed by atoms with Crippen LogP contribution in [0.3, 0.4) is 0 Å². The summed E-state index contributed by atoms with van der Waals surface area (Å²) in [5.74, 6) is -0.936. The Labute approximate surface area is 205 Å². The summed E-state index contributed by atoms with van der Waals surface area (Å²) in [5, 5.41) is 19.2. The number of aliphatic carboxylic acids is 1. The number of anilines is 2. The van der Waals surface area contributed by atoms with Gasteiger partial charge in [-0.2, -0.15) is 5.10 Å². The molecule has 12 heteroatoms. The lowest BCUT2D eigenvalue weighted by molar-refractivity contribution is -0.144. The number of nitrogens with zero attached hydrogens (tertiary/aromatic N) is 4. The number of carboxylic acids is 1.